The van der Waals surface area contributed by atoms with Crippen LogP contribution >= 0.6 is 0 Å². The maximum absolute atomic E-state index is 10.6. The lowest BCUT2D eigenvalue weighted by atomic mass is 9.89. The lowest BCUT2D eigenvalue weighted by Gasteiger charge is -2.16. The highest BCUT2D eigenvalue weighted by atomic mass is 16.4. The van der Waals surface area contributed by atoms with Gasteiger partial charge < -0.3 is 10.2 Å². The number of carboxylic acids is 1. The van der Waals surface area contributed by atoms with E-state index in [4.69, 9.17) is 5.11 Å². The minimum atomic E-state index is -0.821. The van der Waals surface area contributed by atoms with Gasteiger partial charge in [0.15, 0.2) is 0 Å². The first kappa shape index (κ1) is 7.80. The Kier molecular flexibility index (Phi) is 1.68. The van der Waals surface area contributed by atoms with Crippen LogP contribution in [-0.2, 0) is 4.79 Å². The van der Waals surface area contributed by atoms with E-state index in [9.17, 15) is 9.90 Å². The van der Waals surface area contributed by atoms with Crippen molar-refractivity contribution >= 4 is 5.97 Å². The molecule has 2 rings (SSSR count). The molecule has 2 bridgehead atoms. The van der Waals surface area contributed by atoms with E-state index in [1.54, 1.807) is 6.08 Å². The van der Waals surface area contributed by atoms with Crippen molar-refractivity contribution in [2.45, 2.75) is 25.4 Å². The molecule has 0 aromatic rings. The largest absolute Gasteiger partial charge is 0.478 e. The van der Waals surface area contributed by atoms with Gasteiger partial charge in [-0.25, -0.2) is 4.79 Å². The van der Waals surface area contributed by atoms with Crippen LogP contribution in [-0.4, -0.2) is 22.3 Å². The molecule has 0 radical (unpaired) electrons. The maximum Gasteiger partial charge on any atom is 0.331 e. The Bertz CT molecular complexity index is 244. The fraction of sp³-hybridized carbons (Fsp3) is 0.667. The first-order valence-electron chi connectivity index (χ1n) is 4.29. The van der Waals surface area contributed by atoms with Crippen LogP contribution in [0.15, 0.2) is 11.6 Å². The SMILES string of the molecule is O=C(O)C1=CC2CC(C1)CC2O. The molecular formula is C9H12O3. The van der Waals surface area contributed by atoms with E-state index in [2.05, 4.69) is 0 Å². The van der Waals surface area contributed by atoms with E-state index in [1.807, 2.05) is 0 Å². The van der Waals surface area contributed by atoms with Crippen LogP contribution in [0, 0.1) is 11.8 Å². The number of hydrogen-bond donors (Lipinski definition) is 2. The standard InChI is InChI=1S/C9H12O3/c10-8-3-5-1-6(8)4-7(2-5)9(11)12/h4-6,8,10H,1-3H2,(H,11,12). The van der Waals surface area contributed by atoms with Crippen molar-refractivity contribution < 1.29 is 15.0 Å². The molecule has 3 nitrogen and oxygen atoms in total. The molecule has 0 amide bonds. The minimum Gasteiger partial charge on any atom is -0.478 e. The predicted octanol–water partition coefficient (Wildman–Crippen LogP) is 0.788. The molecule has 2 aliphatic rings. The van der Waals surface area contributed by atoms with Gasteiger partial charge in [0.2, 0.25) is 0 Å². The van der Waals surface area contributed by atoms with Crippen LogP contribution < -0.4 is 0 Å². The maximum atomic E-state index is 10.6. The number of fused-ring (bicyclic) bond motifs is 2. The number of rotatable bonds is 1. The summed E-state index contributed by atoms with van der Waals surface area (Å²) < 4.78 is 0. The van der Waals surface area contributed by atoms with Crippen molar-refractivity contribution in [3.63, 3.8) is 0 Å². The highest BCUT2D eigenvalue weighted by Crippen LogP contribution is 2.40. The van der Waals surface area contributed by atoms with Gasteiger partial charge >= 0.3 is 5.97 Å². The van der Waals surface area contributed by atoms with Gasteiger partial charge in [-0.15, -0.1) is 0 Å². The van der Waals surface area contributed by atoms with Crippen molar-refractivity contribution in [2.75, 3.05) is 0 Å². The third-order valence-corrected chi connectivity index (χ3v) is 2.87. The van der Waals surface area contributed by atoms with E-state index in [0.717, 1.165) is 12.8 Å². The van der Waals surface area contributed by atoms with E-state index < -0.39 is 5.97 Å². The summed E-state index contributed by atoms with van der Waals surface area (Å²) >= 11 is 0. The number of carbonyl (C=O) groups is 1. The lowest BCUT2D eigenvalue weighted by molar-refractivity contribution is -0.133. The number of aliphatic hydroxyl groups excluding tert-OH is 1. The first-order chi connectivity index (χ1) is 5.66. The Morgan fingerprint density at radius 2 is 2.25 bits per heavy atom. The molecule has 3 atom stereocenters. The molecular weight excluding hydrogens is 156 g/mol. The molecule has 3 unspecified atom stereocenters. The second kappa shape index (κ2) is 2.59. The van der Waals surface area contributed by atoms with Gasteiger partial charge in [-0.2, -0.15) is 0 Å². The highest BCUT2D eigenvalue weighted by Gasteiger charge is 2.37. The second-order valence-corrected chi connectivity index (χ2v) is 3.77. The smallest absolute Gasteiger partial charge is 0.331 e. The molecule has 12 heavy (non-hydrogen) atoms. The summed E-state index contributed by atoms with van der Waals surface area (Å²) in [5.41, 5.74) is 0.493. The molecule has 1 fully saturated rings. The van der Waals surface area contributed by atoms with E-state index in [-0.39, 0.29) is 12.0 Å². The summed E-state index contributed by atoms with van der Waals surface area (Å²) in [5.74, 6) is -0.310. The Morgan fingerprint density at radius 3 is 2.83 bits per heavy atom. The number of hydrogen-bond acceptors (Lipinski definition) is 2. The summed E-state index contributed by atoms with van der Waals surface area (Å²) in [7, 11) is 0. The Hall–Kier alpha value is -0.830. The van der Waals surface area contributed by atoms with Gasteiger partial charge in [0.25, 0.3) is 0 Å². The average molecular weight is 168 g/mol. The normalized spacial score (nSPS) is 39.4. The monoisotopic (exact) mass is 168 g/mol. The van der Waals surface area contributed by atoms with Gasteiger partial charge in [0.1, 0.15) is 0 Å². The molecule has 1 saturated carbocycles. The van der Waals surface area contributed by atoms with Crippen molar-refractivity contribution in [3.05, 3.63) is 11.6 Å². The molecule has 0 aromatic heterocycles. The van der Waals surface area contributed by atoms with Gasteiger partial charge in [0.05, 0.1) is 6.10 Å². The van der Waals surface area contributed by atoms with Gasteiger partial charge in [0, 0.05) is 11.5 Å². The highest BCUT2D eigenvalue weighted by molar-refractivity contribution is 5.86. The van der Waals surface area contributed by atoms with Crippen molar-refractivity contribution in [1.82, 2.24) is 0 Å². The third-order valence-electron chi connectivity index (χ3n) is 2.87. The molecule has 0 aliphatic heterocycles. The van der Waals surface area contributed by atoms with Crippen LogP contribution in [0.2, 0.25) is 0 Å². The number of aliphatic hydroxyl groups is 1. The lowest BCUT2D eigenvalue weighted by Crippen LogP contribution is -2.14. The van der Waals surface area contributed by atoms with Gasteiger partial charge in [-0.1, -0.05) is 6.08 Å². The van der Waals surface area contributed by atoms with Crippen molar-refractivity contribution in [3.8, 4) is 0 Å². The van der Waals surface area contributed by atoms with Crippen molar-refractivity contribution in [2.24, 2.45) is 11.8 Å². The Labute approximate surface area is 70.7 Å². The molecule has 0 saturated heterocycles. The zero-order valence-corrected chi connectivity index (χ0v) is 6.73. The third kappa shape index (κ3) is 1.14. The molecule has 0 heterocycles. The first-order valence-corrected chi connectivity index (χ1v) is 4.29. The molecule has 66 valence electrons. The van der Waals surface area contributed by atoms with Crippen LogP contribution in [0.5, 0.6) is 0 Å². The van der Waals surface area contributed by atoms with Crippen LogP contribution in [0.1, 0.15) is 19.3 Å². The summed E-state index contributed by atoms with van der Waals surface area (Å²) in [6, 6.07) is 0. The fourth-order valence-electron chi connectivity index (χ4n) is 2.30. The van der Waals surface area contributed by atoms with E-state index >= 15 is 0 Å². The summed E-state index contributed by atoms with van der Waals surface area (Å²) in [6.07, 6.45) is 3.82. The quantitative estimate of drug-likeness (QED) is 0.608. The van der Waals surface area contributed by atoms with Crippen LogP contribution in [0.4, 0.5) is 0 Å². The Morgan fingerprint density at radius 1 is 1.50 bits per heavy atom. The molecule has 0 aromatic carbocycles. The van der Waals surface area contributed by atoms with Gasteiger partial charge in [-0.3, -0.25) is 0 Å². The zero-order valence-electron chi connectivity index (χ0n) is 6.73. The number of aliphatic carboxylic acids is 1. The molecule has 3 heteroatoms. The topological polar surface area (TPSA) is 57.5 Å². The van der Waals surface area contributed by atoms with E-state index in [0.29, 0.717) is 17.9 Å². The molecule has 2 aliphatic carbocycles. The van der Waals surface area contributed by atoms with Gasteiger partial charge in [-0.05, 0) is 25.2 Å². The fourth-order valence-corrected chi connectivity index (χ4v) is 2.30. The van der Waals surface area contributed by atoms with Crippen LogP contribution in [0.3, 0.4) is 0 Å². The van der Waals surface area contributed by atoms with Crippen molar-refractivity contribution in [1.29, 1.82) is 0 Å². The van der Waals surface area contributed by atoms with E-state index in [1.165, 1.54) is 0 Å². The summed E-state index contributed by atoms with van der Waals surface area (Å²) in [6.45, 7) is 0. The minimum absolute atomic E-state index is 0.106. The van der Waals surface area contributed by atoms with Crippen LogP contribution in [0.25, 0.3) is 0 Å². The zero-order chi connectivity index (χ0) is 8.72. The predicted molar refractivity (Wildman–Crippen MR) is 42.6 cm³/mol. The summed E-state index contributed by atoms with van der Waals surface area (Å²) in [4.78, 5) is 10.6. The average Bonchev–Trinajstić information content (AvgIpc) is 2.26. The molecule has 0 spiro atoms. The second-order valence-electron chi connectivity index (χ2n) is 3.77. The Balaban J connectivity index is 2.21. The summed E-state index contributed by atoms with van der Waals surface area (Å²) in [5, 5.41) is 18.2. The molecule has 2 N–H and O–H groups in total. The number of carboxylic acid groups (broad SMARTS) is 1.